The van der Waals surface area contributed by atoms with Crippen LogP contribution in [0.15, 0.2) is 11.6 Å². The van der Waals surface area contributed by atoms with E-state index in [0.717, 1.165) is 25.6 Å². The standard InChI is InChI=1S/C15H28N2O2/c1-13(15(18)19-3)8-10-16-9-6-12-17-11-5-4-7-14(17)2/h8,14,16H,4-7,9-12H2,1-3H3. The fraction of sp³-hybridized carbons (Fsp3) is 0.800. The summed E-state index contributed by atoms with van der Waals surface area (Å²) in [6.45, 7) is 8.26. The van der Waals surface area contributed by atoms with Crippen molar-refractivity contribution in [3.05, 3.63) is 11.6 Å². The first-order valence-electron chi connectivity index (χ1n) is 7.35. The average molecular weight is 268 g/mol. The molecular weight excluding hydrogens is 240 g/mol. The van der Waals surface area contributed by atoms with Crippen LogP contribution in [0.4, 0.5) is 0 Å². The van der Waals surface area contributed by atoms with E-state index in [0.29, 0.717) is 5.57 Å². The average Bonchev–Trinajstić information content (AvgIpc) is 2.43. The number of carbonyl (C=O) groups is 1. The van der Waals surface area contributed by atoms with Crippen LogP contribution in [0.2, 0.25) is 0 Å². The van der Waals surface area contributed by atoms with Crippen molar-refractivity contribution in [3.63, 3.8) is 0 Å². The third kappa shape index (κ3) is 6.21. The number of rotatable bonds is 7. The Morgan fingerprint density at radius 3 is 2.95 bits per heavy atom. The van der Waals surface area contributed by atoms with E-state index in [1.54, 1.807) is 6.92 Å². The van der Waals surface area contributed by atoms with Gasteiger partial charge in [-0.15, -0.1) is 0 Å². The van der Waals surface area contributed by atoms with Gasteiger partial charge in [0.2, 0.25) is 0 Å². The van der Waals surface area contributed by atoms with Crippen molar-refractivity contribution in [1.82, 2.24) is 10.2 Å². The Balaban J connectivity index is 2.06. The number of ether oxygens (including phenoxy) is 1. The van der Waals surface area contributed by atoms with Crippen LogP contribution in [0.25, 0.3) is 0 Å². The number of hydrogen-bond acceptors (Lipinski definition) is 4. The molecule has 1 unspecified atom stereocenters. The predicted molar refractivity (Wildman–Crippen MR) is 78.1 cm³/mol. The van der Waals surface area contributed by atoms with Crippen molar-refractivity contribution in [2.45, 2.75) is 45.6 Å². The van der Waals surface area contributed by atoms with Crippen molar-refractivity contribution >= 4 is 5.97 Å². The molecule has 0 saturated carbocycles. The van der Waals surface area contributed by atoms with Gasteiger partial charge in [0.15, 0.2) is 0 Å². The molecule has 0 aromatic rings. The van der Waals surface area contributed by atoms with Crippen molar-refractivity contribution < 1.29 is 9.53 Å². The molecule has 0 bridgehead atoms. The predicted octanol–water partition coefficient (Wildman–Crippen LogP) is 1.96. The molecule has 19 heavy (non-hydrogen) atoms. The number of carbonyl (C=O) groups excluding carboxylic acids is 1. The Bertz CT molecular complexity index is 303. The Kier molecular flexibility index (Phi) is 7.75. The summed E-state index contributed by atoms with van der Waals surface area (Å²) in [6.07, 6.45) is 7.12. The highest BCUT2D eigenvalue weighted by Gasteiger charge is 2.16. The van der Waals surface area contributed by atoms with Crippen LogP contribution in [0, 0.1) is 0 Å². The zero-order valence-electron chi connectivity index (χ0n) is 12.6. The van der Waals surface area contributed by atoms with Crippen molar-refractivity contribution in [1.29, 1.82) is 0 Å². The number of nitrogens with one attached hydrogen (secondary N) is 1. The Morgan fingerprint density at radius 1 is 1.47 bits per heavy atom. The first-order valence-corrected chi connectivity index (χ1v) is 7.35. The van der Waals surface area contributed by atoms with Crippen LogP contribution < -0.4 is 5.32 Å². The molecule has 1 atom stereocenters. The summed E-state index contributed by atoms with van der Waals surface area (Å²) in [5, 5.41) is 3.34. The molecule has 0 radical (unpaired) electrons. The van der Waals surface area contributed by atoms with Crippen LogP contribution >= 0.6 is 0 Å². The highest BCUT2D eigenvalue weighted by atomic mass is 16.5. The van der Waals surface area contributed by atoms with Gasteiger partial charge in [0.05, 0.1) is 7.11 Å². The largest absolute Gasteiger partial charge is 0.466 e. The van der Waals surface area contributed by atoms with Crippen molar-refractivity contribution in [2.24, 2.45) is 0 Å². The summed E-state index contributed by atoms with van der Waals surface area (Å²) in [6, 6.07) is 0.746. The lowest BCUT2D eigenvalue weighted by molar-refractivity contribution is -0.136. The van der Waals surface area contributed by atoms with Crippen LogP contribution in [0.5, 0.6) is 0 Å². The molecule has 0 amide bonds. The number of esters is 1. The zero-order valence-corrected chi connectivity index (χ0v) is 12.6. The van der Waals surface area contributed by atoms with Crippen molar-refractivity contribution in [3.8, 4) is 0 Å². The van der Waals surface area contributed by atoms with Gasteiger partial charge in [-0.3, -0.25) is 0 Å². The number of hydrogen-bond donors (Lipinski definition) is 1. The number of likely N-dealkylation sites (tertiary alicyclic amines) is 1. The third-order valence-electron chi connectivity index (χ3n) is 3.80. The normalized spacial score (nSPS) is 21.4. The topological polar surface area (TPSA) is 41.6 Å². The second kappa shape index (κ2) is 9.10. The third-order valence-corrected chi connectivity index (χ3v) is 3.80. The summed E-state index contributed by atoms with van der Waals surface area (Å²) in [5.74, 6) is -0.246. The van der Waals surface area contributed by atoms with Crippen LogP contribution in [0.1, 0.15) is 39.5 Å². The number of methoxy groups -OCH3 is 1. The smallest absolute Gasteiger partial charge is 0.333 e. The molecule has 0 spiro atoms. The minimum atomic E-state index is -0.246. The Hall–Kier alpha value is -0.870. The maximum Gasteiger partial charge on any atom is 0.333 e. The molecule has 0 aliphatic carbocycles. The molecule has 110 valence electrons. The molecule has 1 aliphatic heterocycles. The molecule has 1 aliphatic rings. The lowest BCUT2D eigenvalue weighted by atomic mass is 10.0. The van der Waals surface area contributed by atoms with Crippen LogP contribution in [-0.4, -0.2) is 50.2 Å². The summed E-state index contributed by atoms with van der Waals surface area (Å²) in [7, 11) is 1.41. The van der Waals surface area contributed by atoms with Gasteiger partial charge in [0.25, 0.3) is 0 Å². The number of nitrogens with zero attached hydrogens (tertiary/aromatic N) is 1. The number of piperidine rings is 1. The summed E-state index contributed by atoms with van der Waals surface area (Å²) in [5.41, 5.74) is 0.666. The fourth-order valence-electron chi connectivity index (χ4n) is 2.47. The van der Waals surface area contributed by atoms with Crippen molar-refractivity contribution in [2.75, 3.05) is 33.3 Å². The quantitative estimate of drug-likeness (QED) is 0.435. The Morgan fingerprint density at radius 2 is 2.26 bits per heavy atom. The first kappa shape index (κ1) is 16.2. The fourth-order valence-corrected chi connectivity index (χ4v) is 2.47. The Labute approximate surface area is 117 Å². The van der Waals surface area contributed by atoms with Crippen LogP contribution in [0.3, 0.4) is 0 Å². The molecule has 0 aromatic heterocycles. The van der Waals surface area contributed by atoms with Gasteiger partial charge in [0.1, 0.15) is 0 Å². The summed E-state index contributed by atoms with van der Waals surface area (Å²) < 4.78 is 4.64. The SMILES string of the molecule is COC(=O)C(C)=CCNCCCN1CCCCC1C. The molecule has 4 heteroatoms. The summed E-state index contributed by atoms with van der Waals surface area (Å²) in [4.78, 5) is 13.7. The van der Waals surface area contributed by atoms with Crippen LogP contribution in [-0.2, 0) is 9.53 Å². The zero-order chi connectivity index (χ0) is 14.1. The van der Waals surface area contributed by atoms with E-state index in [1.807, 2.05) is 6.08 Å². The molecule has 1 saturated heterocycles. The first-order chi connectivity index (χ1) is 9.15. The molecule has 1 N–H and O–H groups in total. The van der Waals surface area contributed by atoms with E-state index in [9.17, 15) is 4.79 Å². The lowest BCUT2D eigenvalue weighted by Crippen LogP contribution is -2.38. The molecule has 1 fully saturated rings. The van der Waals surface area contributed by atoms with Gasteiger partial charge in [-0.05, 0) is 52.7 Å². The van der Waals surface area contributed by atoms with E-state index in [1.165, 1.54) is 39.5 Å². The van der Waals surface area contributed by atoms with Gasteiger partial charge in [-0.25, -0.2) is 4.79 Å². The van der Waals surface area contributed by atoms with Gasteiger partial charge in [0, 0.05) is 18.2 Å². The van der Waals surface area contributed by atoms with Gasteiger partial charge >= 0.3 is 5.97 Å². The van der Waals surface area contributed by atoms with E-state index in [2.05, 4.69) is 21.9 Å². The second-order valence-electron chi connectivity index (χ2n) is 5.32. The molecule has 0 aromatic carbocycles. The van der Waals surface area contributed by atoms with E-state index in [-0.39, 0.29) is 5.97 Å². The van der Waals surface area contributed by atoms with Gasteiger partial charge in [-0.2, -0.15) is 0 Å². The van der Waals surface area contributed by atoms with Gasteiger partial charge in [-0.1, -0.05) is 12.5 Å². The van der Waals surface area contributed by atoms with E-state index < -0.39 is 0 Å². The monoisotopic (exact) mass is 268 g/mol. The lowest BCUT2D eigenvalue weighted by Gasteiger charge is -2.33. The van der Waals surface area contributed by atoms with Gasteiger partial charge < -0.3 is 15.0 Å². The highest BCUT2D eigenvalue weighted by molar-refractivity contribution is 5.87. The molecule has 1 rings (SSSR count). The van der Waals surface area contributed by atoms with E-state index in [4.69, 9.17) is 0 Å². The molecule has 4 nitrogen and oxygen atoms in total. The molecule has 1 heterocycles. The molecular formula is C15H28N2O2. The minimum absolute atomic E-state index is 0.246. The second-order valence-corrected chi connectivity index (χ2v) is 5.32. The highest BCUT2D eigenvalue weighted by Crippen LogP contribution is 2.15. The summed E-state index contributed by atoms with van der Waals surface area (Å²) >= 11 is 0. The maximum atomic E-state index is 11.1. The minimum Gasteiger partial charge on any atom is -0.466 e. The van der Waals surface area contributed by atoms with E-state index >= 15 is 0 Å². The maximum absolute atomic E-state index is 11.1.